The van der Waals surface area contributed by atoms with Gasteiger partial charge >= 0.3 is 5.97 Å². The molecule has 0 saturated heterocycles. The van der Waals surface area contributed by atoms with Crippen LogP contribution in [-0.2, 0) is 9.59 Å². The molecule has 1 aliphatic rings. The fourth-order valence-electron chi connectivity index (χ4n) is 3.10. The molecule has 0 aromatic heterocycles. The number of carbonyl (C=O) groups is 4. The largest absolute Gasteiger partial charge is 0.423 e. The van der Waals surface area contributed by atoms with E-state index < -0.39 is 17.8 Å². The Balaban J connectivity index is 1.38. The van der Waals surface area contributed by atoms with Gasteiger partial charge in [-0.3, -0.25) is 19.7 Å². The van der Waals surface area contributed by atoms with Crippen molar-refractivity contribution >= 4 is 35.2 Å². The van der Waals surface area contributed by atoms with Crippen molar-refractivity contribution in [1.82, 2.24) is 5.32 Å². The third kappa shape index (κ3) is 4.76. The molecule has 0 unspecified atom stereocenters. The number of hydrogen-bond donors (Lipinski definition) is 1. The van der Waals surface area contributed by atoms with E-state index in [0.717, 1.165) is 5.56 Å². The summed E-state index contributed by atoms with van der Waals surface area (Å²) >= 11 is 0. The summed E-state index contributed by atoms with van der Waals surface area (Å²) in [5.74, 6) is -1.23. The smallest absolute Gasteiger partial charge is 0.343 e. The Labute approximate surface area is 183 Å². The molecule has 1 heterocycles. The maximum Gasteiger partial charge on any atom is 0.343 e. The van der Waals surface area contributed by atoms with Gasteiger partial charge in [0.15, 0.2) is 5.78 Å². The molecule has 4 rings (SSSR count). The van der Waals surface area contributed by atoms with Crippen LogP contribution in [0.5, 0.6) is 5.75 Å². The molecule has 156 valence electrons. The first-order valence-electron chi connectivity index (χ1n) is 9.77. The number of esters is 1. The average molecular weight is 423 g/mol. The van der Waals surface area contributed by atoms with Crippen LogP contribution in [0.25, 0.3) is 11.6 Å². The summed E-state index contributed by atoms with van der Waals surface area (Å²) in [6.45, 7) is 0. The van der Waals surface area contributed by atoms with Gasteiger partial charge in [-0.05, 0) is 41.5 Å². The lowest BCUT2D eigenvalue weighted by Gasteiger charge is -2.06. The molecule has 0 spiro atoms. The third-order valence-corrected chi connectivity index (χ3v) is 4.76. The van der Waals surface area contributed by atoms with Crippen LogP contribution in [0.4, 0.5) is 0 Å². The summed E-state index contributed by atoms with van der Waals surface area (Å²) in [6.07, 6.45) is 4.41. The first-order chi connectivity index (χ1) is 15.5. The molecule has 0 saturated carbocycles. The Morgan fingerprint density at radius 1 is 0.781 bits per heavy atom. The van der Waals surface area contributed by atoms with E-state index in [0.29, 0.717) is 22.4 Å². The Morgan fingerprint density at radius 3 is 2.09 bits per heavy atom. The molecule has 0 bridgehead atoms. The van der Waals surface area contributed by atoms with Gasteiger partial charge in [0.1, 0.15) is 5.75 Å². The number of imide groups is 1. The number of amides is 2. The van der Waals surface area contributed by atoms with Crippen LogP contribution in [0.1, 0.15) is 31.8 Å². The highest BCUT2D eigenvalue weighted by molar-refractivity contribution is 6.33. The highest BCUT2D eigenvalue weighted by atomic mass is 16.5. The molecule has 0 fully saturated rings. The minimum atomic E-state index is -0.556. The van der Waals surface area contributed by atoms with Crippen molar-refractivity contribution in [3.63, 3.8) is 0 Å². The first kappa shape index (κ1) is 20.7. The van der Waals surface area contributed by atoms with Gasteiger partial charge in [-0.1, -0.05) is 60.7 Å². The predicted octanol–water partition coefficient (Wildman–Crippen LogP) is 3.84. The van der Waals surface area contributed by atoms with Crippen LogP contribution in [0, 0.1) is 0 Å². The van der Waals surface area contributed by atoms with Crippen LogP contribution < -0.4 is 10.1 Å². The lowest BCUT2D eigenvalue weighted by Crippen LogP contribution is -2.21. The second-order valence-corrected chi connectivity index (χ2v) is 6.98. The molecular formula is C26H17NO5. The SMILES string of the molecule is O=C1C=C(c2ccc(C(=O)Oc3ccc(C=CC(=O)c4ccccc4)cc3)cc2)C(=O)N1. The van der Waals surface area contributed by atoms with Crippen molar-refractivity contribution in [2.24, 2.45) is 0 Å². The molecule has 1 aliphatic heterocycles. The number of benzene rings is 3. The zero-order chi connectivity index (χ0) is 22.5. The van der Waals surface area contributed by atoms with E-state index >= 15 is 0 Å². The summed E-state index contributed by atoms with van der Waals surface area (Å²) in [6, 6.07) is 21.9. The highest BCUT2D eigenvalue weighted by Crippen LogP contribution is 2.20. The molecule has 3 aromatic rings. The number of allylic oxidation sites excluding steroid dienone is 1. The number of nitrogens with one attached hydrogen (secondary N) is 1. The normalized spacial score (nSPS) is 13.1. The van der Waals surface area contributed by atoms with Crippen molar-refractivity contribution in [3.8, 4) is 5.75 Å². The molecule has 1 N–H and O–H groups in total. The number of ether oxygens (including phenoxy) is 1. The Hall–Kier alpha value is -4.58. The van der Waals surface area contributed by atoms with Gasteiger partial charge in [0.25, 0.3) is 11.8 Å². The van der Waals surface area contributed by atoms with Crippen LogP contribution >= 0.6 is 0 Å². The quantitative estimate of drug-likeness (QED) is 0.214. The van der Waals surface area contributed by atoms with Crippen molar-refractivity contribution in [2.75, 3.05) is 0 Å². The second-order valence-electron chi connectivity index (χ2n) is 6.98. The maximum atomic E-state index is 12.4. The summed E-state index contributed by atoms with van der Waals surface area (Å²) in [5.41, 5.74) is 2.49. The summed E-state index contributed by atoms with van der Waals surface area (Å²) in [7, 11) is 0. The summed E-state index contributed by atoms with van der Waals surface area (Å²) in [5, 5.41) is 2.18. The fraction of sp³-hybridized carbons (Fsp3) is 0. The molecule has 3 aromatic carbocycles. The minimum absolute atomic E-state index is 0.0974. The third-order valence-electron chi connectivity index (χ3n) is 4.76. The van der Waals surface area contributed by atoms with E-state index in [1.165, 1.54) is 24.3 Å². The van der Waals surface area contributed by atoms with Crippen molar-refractivity contribution in [2.45, 2.75) is 0 Å². The van der Waals surface area contributed by atoms with Crippen molar-refractivity contribution in [1.29, 1.82) is 0 Å². The van der Waals surface area contributed by atoms with Gasteiger partial charge in [0.2, 0.25) is 0 Å². The number of rotatable bonds is 6. The van der Waals surface area contributed by atoms with E-state index in [4.69, 9.17) is 4.74 Å². The first-order valence-corrected chi connectivity index (χ1v) is 9.77. The van der Waals surface area contributed by atoms with Gasteiger partial charge < -0.3 is 4.74 Å². The van der Waals surface area contributed by atoms with E-state index in [1.54, 1.807) is 66.7 Å². The van der Waals surface area contributed by atoms with Gasteiger partial charge in [0.05, 0.1) is 11.1 Å². The van der Waals surface area contributed by atoms with Crippen LogP contribution in [0.15, 0.2) is 91.0 Å². The Bertz CT molecular complexity index is 1250. The molecule has 0 atom stereocenters. The van der Waals surface area contributed by atoms with E-state index in [1.807, 2.05) is 6.07 Å². The van der Waals surface area contributed by atoms with Gasteiger partial charge in [-0.15, -0.1) is 0 Å². The Kier molecular flexibility index (Phi) is 5.85. The molecule has 32 heavy (non-hydrogen) atoms. The number of ketones is 1. The maximum absolute atomic E-state index is 12.4. The monoisotopic (exact) mass is 423 g/mol. The molecule has 0 aliphatic carbocycles. The van der Waals surface area contributed by atoms with Crippen LogP contribution in [0.2, 0.25) is 0 Å². The van der Waals surface area contributed by atoms with E-state index in [2.05, 4.69) is 5.32 Å². The number of hydrogen-bond acceptors (Lipinski definition) is 5. The van der Waals surface area contributed by atoms with Gasteiger partial charge in [0, 0.05) is 11.6 Å². The molecule has 0 radical (unpaired) electrons. The summed E-state index contributed by atoms with van der Waals surface area (Å²) in [4.78, 5) is 47.5. The lowest BCUT2D eigenvalue weighted by atomic mass is 10.0. The van der Waals surface area contributed by atoms with Crippen LogP contribution in [0.3, 0.4) is 0 Å². The van der Waals surface area contributed by atoms with Crippen LogP contribution in [-0.4, -0.2) is 23.6 Å². The lowest BCUT2D eigenvalue weighted by molar-refractivity contribution is -0.123. The summed E-state index contributed by atoms with van der Waals surface area (Å²) < 4.78 is 5.38. The molecule has 6 nitrogen and oxygen atoms in total. The molecule has 6 heteroatoms. The van der Waals surface area contributed by atoms with E-state index in [-0.39, 0.29) is 11.4 Å². The Morgan fingerprint density at radius 2 is 1.47 bits per heavy atom. The van der Waals surface area contributed by atoms with Gasteiger partial charge in [-0.2, -0.15) is 0 Å². The fourth-order valence-corrected chi connectivity index (χ4v) is 3.10. The highest BCUT2D eigenvalue weighted by Gasteiger charge is 2.22. The van der Waals surface area contributed by atoms with Crippen molar-refractivity contribution in [3.05, 3.63) is 113 Å². The average Bonchev–Trinajstić information content (AvgIpc) is 3.16. The topological polar surface area (TPSA) is 89.5 Å². The standard InChI is InChI=1S/C26H17NO5/c28-23(19-4-2-1-3-5-19)15-8-17-6-13-21(14-7-17)32-26(31)20-11-9-18(10-12-20)22-16-24(29)27-25(22)30/h1-16H,(H,27,29,30). The van der Waals surface area contributed by atoms with Crippen molar-refractivity contribution < 1.29 is 23.9 Å². The zero-order valence-electron chi connectivity index (χ0n) is 16.8. The van der Waals surface area contributed by atoms with E-state index in [9.17, 15) is 19.2 Å². The second kappa shape index (κ2) is 9.06. The minimum Gasteiger partial charge on any atom is -0.423 e. The molecular weight excluding hydrogens is 406 g/mol. The predicted molar refractivity (Wildman–Crippen MR) is 119 cm³/mol. The number of carbonyl (C=O) groups excluding carboxylic acids is 4. The van der Waals surface area contributed by atoms with Gasteiger partial charge in [-0.25, -0.2) is 4.79 Å². The zero-order valence-corrected chi connectivity index (χ0v) is 16.8. The molecule has 2 amide bonds.